The Morgan fingerprint density at radius 2 is 0.516 bits per heavy atom. The number of hydrogen-bond acceptors (Lipinski definition) is 12. The van der Waals surface area contributed by atoms with E-state index in [1.54, 1.807) is 0 Å². The minimum Gasteiger partial charge on any atom is -0.491 e. The van der Waals surface area contributed by atoms with Crippen LogP contribution in [-0.4, -0.2) is 124 Å². The van der Waals surface area contributed by atoms with Crippen LogP contribution in [0.3, 0.4) is 0 Å². The third-order valence-electron chi connectivity index (χ3n) is 10.2. The highest BCUT2D eigenvalue weighted by molar-refractivity contribution is 5.91. The van der Waals surface area contributed by atoms with Crippen LogP contribution in [0.5, 0.6) is 23.0 Å². The fourth-order valence-corrected chi connectivity index (χ4v) is 7.51. The first-order valence-electron chi connectivity index (χ1n) is 21.3. The molecule has 0 saturated heterocycles. The summed E-state index contributed by atoms with van der Waals surface area (Å²) in [7, 11) is 0. The van der Waals surface area contributed by atoms with Crippen molar-refractivity contribution in [2.45, 2.75) is 53.4 Å². The van der Waals surface area contributed by atoms with E-state index in [1.807, 2.05) is 27.7 Å². The van der Waals surface area contributed by atoms with Gasteiger partial charge in [0, 0.05) is 52.1 Å². The molecule has 4 aromatic rings. The van der Waals surface area contributed by atoms with Crippen molar-refractivity contribution in [3.05, 3.63) is 115 Å². The minimum absolute atomic E-state index is 0.0587. The van der Waals surface area contributed by atoms with Crippen molar-refractivity contribution in [2.75, 3.05) is 79.3 Å². The lowest BCUT2D eigenvalue weighted by molar-refractivity contribution is 0.0685. The van der Waals surface area contributed by atoms with Crippen molar-refractivity contribution in [2.24, 2.45) is 0 Å². The molecule has 0 radical (unpaired) electrons. The summed E-state index contributed by atoms with van der Waals surface area (Å²) >= 11 is 0. The molecule has 0 unspecified atom stereocenters. The third kappa shape index (κ3) is 12.9. The molecule has 1 aliphatic rings. The average Bonchev–Trinajstić information content (AvgIpc) is 3.25. The van der Waals surface area contributed by atoms with E-state index in [-0.39, 0.29) is 124 Å². The fraction of sp³-hybridized carbons (Fsp3) is 0.417. The highest BCUT2D eigenvalue weighted by Gasteiger charge is 2.27. The molecule has 0 heterocycles. The lowest BCUT2D eigenvalue weighted by atomic mass is 9.88. The van der Waals surface area contributed by atoms with E-state index in [9.17, 15) is 39.6 Å². The summed E-state index contributed by atoms with van der Waals surface area (Å²) < 4.78 is 48.1. The molecule has 0 aromatic heterocycles. The maximum absolute atomic E-state index is 12.9. The average molecular weight is 889 g/mol. The quantitative estimate of drug-likeness (QED) is 0.0467. The highest BCUT2D eigenvalue weighted by atomic mass is 16.5. The van der Waals surface area contributed by atoms with Crippen LogP contribution >= 0.6 is 0 Å². The molecule has 344 valence electrons. The van der Waals surface area contributed by atoms with Gasteiger partial charge in [-0.15, -0.1) is 0 Å². The fourth-order valence-electron chi connectivity index (χ4n) is 7.51. The maximum Gasteiger partial charge on any atom is 0.335 e. The Bertz CT molecular complexity index is 1870. The van der Waals surface area contributed by atoms with Crippen LogP contribution in [0.1, 0.15) is 114 Å². The largest absolute Gasteiger partial charge is 0.491 e. The first-order chi connectivity index (χ1) is 30.9. The summed E-state index contributed by atoms with van der Waals surface area (Å²) in [6.45, 7) is 9.99. The van der Waals surface area contributed by atoms with Gasteiger partial charge in [0.15, 0.2) is 0 Å². The van der Waals surface area contributed by atoms with Crippen LogP contribution in [-0.2, 0) is 44.6 Å². The second-order valence-electron chi connectivity index (χ2n) is 14.6. The smallest absolute Gasteiger partial charge is 0.335 e. The van der Waals surface area contributed by atoms with Gasteiger partial charge in [-0.2, -0.15) is 0 Å². The van der Waals surface area contributed by atoms with Crippen molar-refractivity contribution >= 4 is 23.9 Å². The minimum atomic E-state index is -1.25. The number of aromatic carboxylic acids is 4. The molecule has 16 heteroatoms. The molecular weight excluding hydrogens is 833 g/mol. The molecule has 0 atom stereocenters. The SMILES string of the molecule is CCOCCOc1c2cc(C(=O)O)cc1Cc1cc(C(=O)O)cc(c1OCCOCC)Cc1cc(C(=O)O)cc(c1OCCOCC)Cc1cc(C(=O)O)cc(c1OCCOCC)C2. The molecule has 0 aliphatic heterocycles. The number of fused-ring (bicyclic) bond motifs is 8. The van der Waals surface area contributed by atoms with Crippen LogP contribution in [0.25, 0.3) is 0 Å². The lowest BCUT2D eigenvalue weighted by Crippen LogP contribution is -2.16. The molecule has 5 rings (SSSR count). The van der Waals surface area contributed by atoms with Crippen LogP contribution in [0.2, 0.25) is 0 Å². The van der Waals surface area contributed by atoms with Gasteiger partial charge in [0.2, 0.25) is 0 Å². The zero-order chi connectivity index (χ0) is 46.2. The van der Waals surface area contributed by atoms with Gasteiger partial charge in [-0.05, 0) is 121 Å². The third-order valence-corrected chi connectivity index (χ3v) is 10.2. The van der Waals surface area contributed by atoms with Gasteiger partial charge in [-0.25, -0.2) is 19.2 Å². The Labute approximate surface area is 371 Å². The monoisotopic (exact) mass is 888 g/mol. The van der Waals surface area contributed by atoms with Crippen molar-refractivity contribution in [1.29, 1.82) is 0 Å². The zero-order valence-electron chi connectivity index (χ0n) is 36.6. The number of hydrogen-bond donors (Lipinski definition) is 4. The molecular formula is C48H56O16. The van der Waals surface area contributed by atoms with Gasteiger partial charge < -0.3 is 58.3 Å². The standard InChI is InChI=1S/C48H56O16/c1-5-57-9-13-61-41-29-17-31-23-38(46(51)52)25-33(42(31)62-14-10-58-6-2)19-35-27-40(48(55)56)28-36(44(35)64-16-12-60-8-4)20-34-26-39(47(53)54)24-32(43(34)63-15-11-59-7-3)18-30(41)22-37(21-29)45(49)50/h21-28H,5-20H2,1-4H3,(H,49,50)(H,51,52)(H,53,54)(H,55,56). The number of carboxylic acid groups (broad SMARTS) is 4. The maximum atomic E-state index is 12.9. The summed E-state index contributed by atoms with van der Waals surface area (Å²) in [6, 6.07) is 11.6. The van der Waals surface area contributed by atoms with E-state index >= 15 is 0 Å². The highest BCUT2D eigenvalue weighted by Crippen LogP contribution is 2.41. The summed E-state index contributed by atoms with van der Waals surface area (Å²) in [5, 5.41) is 41.9. The number of carbonyl (C=O) groups is 4. The second kappa shape index (κ2) is 24.0. The van der Waals surface area contributed by atoms with E-state index in [2.05, 4.69) is 0 Å². The van der Waals surface area contributed by atoms with Crippen LogP contribution in [0.15, 0.2) is 48.5 Å². The Balaban J connectivity index is 1.93. The Hall–Kier alpha value is -6.20. The second-order valence-corrected chi connectivity index (χ2v) is 14.6. The molecule has 64 heavy (non-hydrogen) atoms. The first kappa shape index (κ1) is 48.8. The van der Waals surface area contributed by atoms with Crippen LogP contribution in [0, 0.1) is 0 Å². The van der Waals surface area contributed by atoms with Gasteiger partial charge >= 0.3 is 23.9 Å². The van der Waals surface area contributed by atoms with Crippen LogP contribution in [0.4, 0.5) is 0 Å². The summed E-state index contributed by atoms with van der Waals surface area (Å²) in [5.74, 6) is -3.86. The number of benzene rings is 4. The van der Waals surface area contributed by atoms with Crippen molar-refractivity contribution in [1.82, 2.24) is 0 Å². The number of ether oxygens (including phenoxy) is 8. The normalized spacial score (nSPS) is 12.1. The molecule has 16 nitrogen and oxygen atoms in total. The molecule has 1 aliphatic carbocycles. The first-order valence-corrected chi connectivity index (χ1v) is 21.3. The topological polar surface area (TPSA) is 223 Å². The van der Waals surface area contributed by atoms with Gasteiger partial charge in [-0.3, -0.25) is 0 Å². The van der Waals surface area contributed by atoms with E-state index < -0.39 is 23.9 Å². The van der Waals surface area contributed by atoms with E-state index in [0.717, 1.165) is 0 Å². The molecule has 0 amide bonds. The summed E-state index contributed by atoms with van der Waals surface area (Å²) in [6.07, 6.45) is -0.363. The molecule has 0 fully saturated rings. The Morgan fingerprint density at radius 1 is 0.344 bits per heavy atom. The number of rotatable bonds is 24. The van der Waals surface area contributed by atoms with Crippen molar-refractivity contribution in [3.8, 4) is 23.0 Å². The summed E-state index contributed by atoms with van der Waals surface area (Å²) in [5.41, 5.74) is 2.52. The van der Waals surface area contributed by atoms with E-state index in [0.29, 0.717) is 70.9 Å². The Kier molecular flexibility index (Phi) is 18.3. The van der Waals surface area contributed by atoms with Crippen molar-refractivity contribution in [3.63, 3.8) is 0 Å². The molecule has 0 saturated carbocycles. The van der Waals surface area contributed by atoms with E-state index in [1.165, 1.54) is 48.5 Å². The van der Waals surface area contributed by atoms with Gasteiger partial charge in [0.1, 0.15) is 49.4 Å². The van der Waals surface area contributed by atoms with E-state index in [4.69, 9.17) is 37.9 Å². The molecule has 4 aromatic carbocycles. The Morgan fingerprint density at radius 3 is 0.656 bits per heavy atom. The predicted octanol–water partition coefficient (Wildman–Crippen LogP) is 6.82. The lowest BCUT2D eigenvalue weighted by Gasteiger charge is -2.24. The van der Waals surface area contributed by atoms with Gasteiger partial charge in [0.05, 0.1) is 48.7 Å². The molecule has 8 bridgehead atoms. The van der Waals surface area contributed by atoms with Crippen LogP contribution < -0.4 is 18.9 Å². The van der Waals surface area contributed by atoms with Crippen molar-refractivity contribution < 1.29 is 77.5 Å². The predicted molar refractivity (Wildman–Crippen MR) is 233 cm³/mol. The molecule has 0 spiro atoms. The summed E-state index contributed by atoms with van der Waals surface area (Å²) in [4.78, 5) is 51.4. The van der Waals surface area contributed by atoms with Gasteiger partial charge in [0.25, 0.3) is 0 Å². The van der Waals surface area contributed by atoms with Gasteiger partial charge in [-0.1, -0.05) is 0 Å². The molecule has 4 N–H and O–H groups in total. The zero-order valence-corrected chi connectivity index (χ0v) is 36.6. The number of carboxylic acids is 4.